The molecule has 0 bridgehead atoms. The summed E-state index contributed by atoms with van der Waals surface area (Å²) in [6.07, 6.45) is 1.14. The topological polar surface area (TPSA) is 89.7 Å². The molecule has 1 aliphatic carbocycles. The first kappa shape index (κ1) is 22.9. The van der Waals surface area contributed by atoms with E-state index in [9.17, 15) is 23.1 Å². The van der Waals surface area contributed by atoms with Crippen molar-refractivity contribution in [1.82, 2.24) is 15.6 Å². The van der Waals surface area contributed by atoms with Gasteiger partial charge in [-0.1, -0.05) is 0 Å². The number of aliphatic hydroxyl groups excluding tert-OH is 1. The molecule has 3 aromatic rings. The van der Waals surface area contributed by atoms with Gasteiger partial charge in [0.1, 0.15) is 29.8 Å². The fourth-order valence-corrected chi connectivity index (χ4v) is 5.02. The Bertz CT molecular complexity index is 1210. The summed E-state index contributed by atoms with van der Waals surface area (Å²) in [6, 6.07) is 7.72. The zero-order valence-electron chi connectivity index (χ0n) is 18.6. The lowest BCUT2D eigenvalue weighted by molar-refractivity contribution is -0.120. The van der Waals surface area contributed by atoms with E-state index in [1.54, 1.807) is 12.1 Å². The summed E-state index contributed by atoms with van der Waals surface area (Å²) in [7, 11) is 0. The van der Waals surface area contributed by atoms with Gasteiger partial charge in [0.25, 0.3) is 0 Å². The summed E-state index contributed by atoms with van der Waals surface area (Å²) in [4.78, 5) is 14.3. The Labute approximate surface area is 194 Å². The highest BCUT2D eigenvalue weighted by Gasteiger charge is 2.46. The Kier molecular flexibility index (Phi) is 6.09. The number of amides is 1. The Morgan fingerprint density at radius 1 is 1.18 bits per heavy atom. The van der Waals surface area contributed by atoms with Crippen LogP contribution >= 0.6 is 0 Å². The Morgan fingerprint density at radius 3 is 2.59 bits per heavy atom. The molecule has 4 N–H and O–H groups in total. The average molecular weight is 473 g/mol. The lowest BCUT2D eigenvalue weighted by Crippen LogP contribution is -2.43. The number of fused-ring (bicyclic) bond motifs is 1. The second kappa shape index (κ2) is 9.05. The predicted octanol–water partition coefficient (Wildman–Crippen LogP) is 3.56. The van der Waals surface area contributed by atoms with Gasteiger partial charge in [-0.25, -0.2) is 13.2 Å². The van der Waals surface area contributed by atoms with E-state index in [2.05, 4.69) is 15.6 Å². The van der Waals surface area contributed by atoms with Gasteiger partial charge >= 0.3 is 0 Å². The summed E-state index contributed by atoms with van der Waals surface area (Å²) in [6.45, 7) is 1.88. The van der Waals surface area contributed by atoms with Crippen molar-refractivity contribution in [3.8, 4) is 11.3 Å². The Morgan fingerprint density at radius 2 is 1.91 bits per heavy atom. The van der Waals surface area contributed by atoms with E-state index in [0.717, 1.165) is 30.0 Å². The number of carbonyl (C=O) groups is 1. The van der Waals surface area contributed by atoms with Crippen LogP contribution < -0.4 is 10.6 Å². The predicted molar refractivity (Wildman–Crippen MR) is 120 cm³/mol. The number of nitrogens with one attached hydrogen (secondary N) is 3. The molecule has 2 unspecified atom stereocenters. The number of ether oxygens (including phenoxy) is 1. The second-order valence-corrected chi connectivity index (χ2v) is 9.18. The first-order valence-electron chi connectivity index (χ1n) is 11.4. The first-order chi connectivity index (χ1) is 16.3. The normalized spacial score (nSPS) is 24.6. The smallest absolute Gasteiger partial charge is 0.217 e. The zero-order valence-corrected chi connectivity index (χ0v) is 18.6. The SMILES string of the molecule is CC(=O)N[C@@H](CO)C1OC1NCC1CC(c2c(-c3ccc(F)cc3)[nH]c3c(F)cc(F)cc23)C1. The minimum absolute atomic E-state index is 0.0993. The van der Waals surface area contributed by atoms with Crippen LogP contribution in [-0.2, 0) is 9.53 Å². The number of epoxide rings is 1. The molecule has 0 spiro atoms. The molecule has 3 atom stereocenters. The van der Waals surface area contributed by atoms with Gasteiger partial charge in [0.05, 0.1) is 23.9 Å². The van der Waals surface area contributed by atoms with Crippen LogP contribution in [0.15, 0.2) is 36.4 Å². The van der Waals surface area contributed by atoms with Gasteiger partial charge < -0.3 is 20.1 Å². The number of aromatic amines is 1. The molecule has 1 saturated heterocycles. The van der Waals surface area contributed by atoms with Crippen LogP contribution in [0.1, 0.15) is 31.2 Å². The van der Waals surface area contributed by atoms with E-state index in [0.29, 0.717) is 23.5 Å². The van der Waals surface area contributed by atoms with Crippen LogP contribution in [0.5, 0.6) is 0 Å². The van der Waals surface area contributed by atoms with Crippen molar-refractivity contribution in [2.24, 2.45) is 5.92 Å². The molecule has 1 saturated carbocycles. The van der Waals surface area contributed by atoms with Gasteiger partial charge in [-0.2, -0.15) is 0 Å². The molecule has 1 aliphatic heterocycles. The maximum absolute atomic E-state index is 14.5. The summed E-state index contributed by atoms with van der Waals surface area (Å²) in [5.74, 6) is -1.44. The van der Waals surface area contributed by atoms with Gasteiger partial charge in [0, 0.05) is 24.9 Å². The summed E-state index contributed by atoms with van der Waals surface area (Å²) in [5.41, 5.74) is 2.50. The van der Waals surface area contributed by atoms with Crippen LogP contribution in [0.2, 0.25) is 0 Å². The molecule has 2 aliphatic rings. The third kappa shape index (κ3) is 4.43. The lowest BCUT2D eigenvalue weighted by Gasteiger charge is -2.36. The van der Waals surface area contributed by atoms with E-state index in [1.165, 1.54) is 25.1 Å². The molecule has 6 nitrogen and oxygen atoms in total. The third-order valence-electron chi connectivity index (χ3n) is 6.76. The number of carbonyl (C=O) groups excluding carboxylic acids is 1. The number of H-pyrrole nitrogens is 1. The fourth-order valence-electron chi connectivity index (χ4n) is 5.02. The third-order valence-corrected chi connectivity index (χ3v) is 6.76. The maximum Gasteiger partial charge on any atom is 0.217 e. The Hall–Kier alpha value is -2.88. The summed E-state index contributed by atoms with van der Waals surface area (Å²) < 4.78 is 47.6. The van der Waals surface area contributed by atoms with Gasteiger partial charge in [-0.3, -0.25) is 10.1 Å². The van der Waals surface area contributed by atoms with Crippen molar-refractivity contribution in [3.63, 3.8) is 0 Å². The number of rotatable bonds is 8. The minimum Gasteiger partial charge on any atom is -0.394 e. The van der Waals surface area contributed by atoms with Crippen LogP contribution in [-0.4, -0.2) is 47.5 Å². The minimum atomic E-state index is -0.656. The molecule has 180 valence electrons. The van der Waals surface area contributed by atoms with Gasteiger partial charge in [-0.05, 0) is 66.1 Å². The van der Waals surface area contributed by atoms with Crippen molar-refractivity contribution in [2.45, 2.75) is 44.1 Å². The van der Waals surface area contributed by atoms with Crippen molar-refractivity contribution in [2.75, 3.05) is 13.2 Å². The van der Waals surface area contributed by atoms with Gasteiger partial charge in [0.2, 0.25) is 5.91 Å². The quantitative estimate of drug-likeness (QED) is 0.377. The molecule has 2 heterocycles. The second-order valence-electron chi connectivity index (χ2n) is 9.18. The van der Waals surface area contributed by atoms with Crippen molar-refractivity contribution in [3.05, 3.63) is 59.4 Å². The number of benzene rings is 2. The lowest BCUT2D eigenvalue weighted by atomic mass is 9.70. The van der Waals surface area contributed by atoms with E-state index in [-0.39, 0.29) is 42.1 Å². The number of hydrogen-bond acceptors (Lipinski definition) is 4. The molecule has 5 rings (SSSR count). The molecule has 34 heavy (non-hydrogen) atoms. The van der Waals surface area contributed by atoms with Crippen molar-refractivity contribution < 1.29 is 27.8 Å². The van der Waals surface area contributed by atoms with Crippen molar-refractivity contribution >= 4 is 16.8 Å². The molecular formula is C25H26F3N3O3. The summed E-state index contributed by atoms with van der Waals surface area (Å²) in [5, 5.41) is 15.9. The molecule has 2 aromatic carbocycles. The van der Waals surface area contributed by atoms with Crippen LogP contribution in [0.25, 0.3) is 22.2 Å². The number of hydrogen-bond donors (Lipinski definition) is 4. The molecule has 9 heteroatoms. The monoisotopic (exact) mass is 473 g/mol. The first-order valence-corrected chi connectivity index (χ1v) is 11.4. The summed E-state index contributed by atoms with van der Waals surface area (Å²) >= 11 is 0. The van der Waals surface area contributed by atoms with Crippen molar-refractivity contribution in [1.29, 1.82) is 0 Å². The van der Waals surface area contributed by atoms with E-state index >= 15 is 0 Å². The highest BCUT2D eigenvalue weighted by Crippen LogP contribution is 2.48. The maximum atomic E-state index is 14.5. The molecule has 1 amide bonds. The van der Waals surface area contributed by atoms with Crippen LogP contribution in [0, 0.1) is 23.4 Å². The van der Waals surface area contributed by atoms with Gasteiger partial charge in [-0.15, -0.1) is 0 Å². The number of halogens is 3. The van der Waals surface area contributed by atoms with Crippen LogP contribution in [0.3, 0.4) is 0 Å². The highest BCUT2D eigenvalue weighted by atomic mass is 19.1. The fraction of sp³-hybridized carbons (Fsp3) is 0.400. The largest absolute Gasteiger partial charge is 0.394 e. The Balaban J connectivity index is 1.29. The molecular weight excluding hydrogens is 447 g/mol. The van der Waals surface area contributed by atoms with E-state index in [4.69, 9.17) is 4.74 Å². The van der Waals surface area contributed by atoms with E-state index in [1.807, 2.05) is 0 Å². The standard InChI is InChI=1S/C25H26F3N3O3/c1-12(33)30-20(11-32)24-25(34-24)29-10-13-6-15(7-13)21-18-8-17(27)9-19(28)23(18)31-22(21)14-2-4-16(26)5-3-14/h2-5,8-9,13,15,20,24-25,29,31-32H,6-7,10-11H2,1H3,(H,30,33)/t13?,15?,20-,24?,25?/m0/s1. The molecule has 2 fully saturated rings. The highest BCUT2D eigenvalue weighted by molar-refractivity contribution is 5.92. The number of aliphatic hydroxyl groups is 1. The number of aromatic nitrogens is 1. The van der Waals surface area contributed by atoms with Gasteiger partial charge in [0.15, 0.2) is 0 Å². The van der Waals surface area contributed by atoms with Crippen LogP contribution in [0.4, 0.5) is 13.2 Å². The zero-order chi connectivity index (χ0) is 24.0. The van der Waals surface area contributed by atoms with E-state index < -0.39 is 17.7 Å². The average Bonchev–Trinajstić information content (AvgIpc) is 3.44. The molecule has 1 aromatic heterocycles. The molecule has 0 radical (unpaired) electrons.